The summed E-state index contributed by atoms with van der Waals surface area (Å²) >= 11 is 0. The summed E-state index contributed by atoms with van der Waals surface area (Å²) in [6.45, 7) is 3.89. The van der Waals surface area contributed by atoms with E-state index in [0.29, 0.717) is 36.7 Å². The van der Waals surface area contributed by atoms with Gasteiger partial charge in [-0.1, -0.05) is 178 Å². The summed E-state index contributed by atoms with van der Waals surface area (Å²) in [5, 5.41) is 20.3. The highest BCUT2D eigenvalue weighted by Gasteiger charge is 2.22. The molecule has 0 spiro atoms. The van der Waals surface area contributed by atoms with Crippen LogP contribution in [0.25, 0.3) is 0 Å². The fraction of sp³-hybridized carbons (Fsp3) is 0.792. The molecule has 0 aromatic rings. The third kappa shape index (κ3) is 42.6. The molecule has 0 aliphatic rings. The maximum Gasteiger partial charge on any atom is 0.306 e. The van der Waals surface area contributed by atoms with E-state index < -0.39 is 44.7 Å². The van der Waals surface area contributed by atoms with E-state index in [1.165, 1.54) is 103 Å². The van der Waals surface area contributed by atoms with Gasteiger partial charge in [0.2, 0.25) is 0 Å². The number of aliphatic hydroxyl groups is 2. The van der Waals surface area contributed by atoms with Crippen molar-refractivity contribution in [3.8, 4) is 0 Å². The lowest BCUT2D eigenvalue weighted by atomic mass is 10.0. The molecule has 1 unspecified atom stereocenters. The van der Waals surface area contributed by atoms with Crippen molar-refractivity contribution in [1.82, 2.24) is 0 Å². The van der Waals surface area contributed by atoms with E-state index in [4.69, 9.17) is 18.5 Å². The molecule has 60 heavy (non-hydrogen) atoms. The molecule has 0 aromatic heterocycles. The monoisotopic (exact) mass is 870 g/mol. The number of hydrogen-bond acceptors (Lipinski definition) is 10. The van der Waals surface area contributed by atoms with Gasteiger partial charge in [-0.3, -0.25) is 14.2 Å². The zero-order valence-corrected chi connectivity index (χ0v) is 39.5. The van der Waals surface area contributed by atoms with Crippen LogP contribution in [0.1, 0.15) is 181 Å². The van der Waals surface area contributed by atoms with E-state index in [9.17, 15) is 29.3 Å². The summed E-state index contributed by atoms with van der Waals surface area (Å²) in [4.78, 5) is 37.6. The minimum Gasteiger partial charge on any atom is -0.756 e. The van der Waals surface area contributed by atoms with Crippen LogP contribution in [0.4, 0.5) is 0 Å². The largest absolute Gasteiger partial charge is 0.756 e. The van der Waals surface area contributed by atoms with E-state index in [0.717, 1.165) is 25.7 Å². The molecule has 11 nitrogen and oxygen atoms in total. The first-order valence-corrected chi connectivity index (χ1v) is 25.0. The molecule has 0 aliphatic heterocycles. The molecule has 0 heterocycles. The Morgan fingerprint density at radius 2 is 1.12 bits per heavy atom. The maximum atomic E-state index is 12.7. The van der Waals surface area contributed by atoms with Gasteiger partial charge >= 0.3 is 11.9 Å². The van der Waals surface area contributed by atoms with Gasteiger partial charge in [0.15, 0.2) is 6.10 Å². The van der Waals surface area contributed by atoms with Gasteiger partial charge in [-0.05, 0) is 38.5 Å². The number of rotatable bonds is 42. The number of allylic oxidation sites excluding steroid dienone is 5. The average Bonchev–Trinajstić information content (AvgIpc) is 3.19. The number of nitrogens with zero attached hydrogens (tertiary/aromatic N) is 1. The second-order valence-corrected chi connectivity index (χ2v) is 18.6. The summed E-state index contributed by atoms with van der Waals surface area (Å²) in [5.41, 5.74) is 0. The number of carbonyl (C=O) groups excluding carboxylic acids is 2. The smallest absolute Gasteiger partial charge is 0.306 e. The van der Waals surface area contributed by atoms with Crippen LogP contribution in [-0.4, -0.2) is 92.5 Å². The highest BCUT2D eigenvalue weighted by molar-refractivity contribution is 7.45. The van der Waals surface area contributed by atoms with Gasteiger partial charge in [0, 0.05) is 12.8 Å². The van der Waals surface area contributed by atoms with E-state index in [1.807, 2.05) is 27.2 Å². The van der Waals surface area contributed by atoms with Gasteiger partial charge in [0.1, 0.15) is 19.8 Å². The van der Waals surface area contributed by atoms with Crippen LogP contribution in [-0.2, 0) is 32.7 Å². The zero-order valence-electron chi connectivity index (χ0n) is 38.6. The summed E-state index contributed by atoms with van der Waals surface area (Å²) < 4.78 is 33.7. The number of ether oxygens (including phenoxy) is 2. The Morgan fingerprint density at radius 1 is 0.617 bits per heavy atom. The predicted molar refractivity (Wildman–Crippen MR) is 243 cm³/mol. The SMILES string of the molecule is CCCCC/C=C\C[C@@H](O)/C=C/C=C/C=C\[C@@H](O)CCCC(=O)OC[C@H](COP(=O)([O-])OCC[N+](C)(C)C)OC(=O)CCCCCCCCCCCCCCCCCCC. The predicted octanol–water partition coefficient (Wildman–Crippen LogP) is 10.8. The Bertz CT molecular complexity index is 1200. The van der Waals surface area contributed by atoms with Crippen LogP contribution < -0.4 is 4.89 Å². The van der Waals surface area contributed by atoms with E-state index in [-0.39, 0.29) is 26.1 Å². The quantitative estimate of drug-likeness (QED) is 0.0151. The Kier molecular flexibility index (Phi) is 38.3. The van der Waals surface area contributed by atoms with Crippen LogP contribution in [0, 0.1) is 0 Å². The Labute approximate surface area is 366 Å². The van der Waals surface area contributed by atoms with Gasteiger partial charge in [0.05, 0.1) is 40.0 Å². The number of hydrogen-bond donors (Lipinski definition) is 2. The first-order chi connectivity index (χ1) is 28.8. The number of quaternary nitrogens is 1. The Morgan fingerprint density at radius 3 is 1.67 bits per heavy atom. The van der Waals surface area contributed by atoms with E-state index in [1.54, 1.807) is 36.5 Å². The van der Waals surface area contributed by atoms with Crippen molar-refractivity contribution in [3.05, 3.63) is 48.6 Å². The molecule has 2 N–H and O–H groups in total. The molecule has 350 valence electrons. The van der Waals surface area contributed by atoms with E-state index in [2.05, 4.69) is 19.9 Å². The van der Waals surface area contributed by atoms with Crippen LogP contribution in [0.15, 0.2) is 48.6 Å². The number of carbonyl (C=O) groups is 2. The number of phosphoric acid groups is 1. The molecular formula is C48H88NO10P. The number of likely N-dealkylation sites (N-methyl/N-ethyl adjacent to an activating group) is 1. The minimum absolute atomic E-state index is 0.0173. The number of unbranched alkanes of at least 4 members (excludes halogenated alkanes) is 19. The standard InChI is InChI=1S/C48H88NO10P/c1-6-8-10-12-14-15-16-17-18-19-20-21-22-23-24-26-32-38-48(53)59-46(43-58-60(54,55)57-41-40-49(3,4)5)42-56-47(52)39-33-37-45(51)36-31-28-27-30-35-44(50)34-29-25-13-11-9-7-2/h25,27-31,35-36,44-46,50-51H,6-24,26,32-34,37-43H2,1-5H3/b28-27+,29-25-,35-30+,36-31-/t44-,45-,46-/m1/s1. The molecule has 12 heteroatoms. The van der Waals surface area contributed by atoms with Crippen molar-refractivity contribution in [2.45, 2.75) is 199 Å². The van der Waals surface area contributed by atoms with Gasteiger partial charge in [-0.15, -0.1) is 0 Å². The van der Waals surface area contributed by atoms with Gasteiger partial charge in [-0.2, -0.15) is 0 Å². The highest BCUT2D eigenvalue weighted by Crippen LogP contribution is 2.38. The van der Waals surface area contributed by atoms with Crippen molar-refractivity contribution in [2.24, 2.45) is 0 Å². The molecule has 0 amide bonds. The molecule has 0 aromatic carbocycles. The normalized spacial score (nSPS) is 15.0. The summed E-state index contributed by atoms with van der Waals surface area (Å²) in [6.07, 6.45) is 39.1. The molecule has 0 saturated heterocycles. The molecule has 0 fully saturated rings. The average molecular weight is 870 g/mol. The number of phosphoric ester groups is 1. The van der Waals surface area contributed by atoms with Crippen molar-refractivity contribution < 1.29 is 52.3 Å². The highest BCUT2D eigenvalue weighted by atomic mass is 31.2. The van der Waals surface area contributed by atoms with Gasteiger partial charge in [0.25, 0.3) is 7.82 Å². The molecule has 0 aliphatic carbocycles. The molecule has 0 bridgehead atoms. The number of esters is 2. The first-order valence-electron chi connectivity index (χ1n) is 23.6. The lowest BCUT2D eigenvalue weighted by Gasteiger charge is -2.28. The minimum atomic E-state index is -4.69. The Balaban J connectivity index is 4.55. The van der Waals surface area contributed by atoms with Crippen LogP contribution in [0.5, 0.6) is 0 Å². The maximum absolute atomic E-state index is 12.7. The fourth-order valence-electron chi connectivity index (χ4n) is 6.26. The van der Waals surface area contributed by atoms with Gasteiger partial charge in [-0.25, -0.2) is 0 Å². The van der Waals surface area contributed by atoms with Crippen LogP contribution >= 0.6 is 7.82 Å². The molecule has 0 saturated carbocycles. The third-order valence-electron chi connectivity index (χ3n) is 10.0. The third-order valence-corrected chi connectivity index (χ3v) is 11.0. The van der Waals surface area contributed by atoms with Crippen molar-refractivity contribution in [3.63, 3.8) is 0 Å². The lowest BCUT2D eigenvalue weighted by molar-refractivity contribution is -0.870. The van der Waals surface area contributed by atoms with Crippen molar-refractivity contribution >= 4 is 19.8 Å². The van der Waals surface area contributed by atoms with Gasteiger partial charge < -0.3 is 38.1 Å². The molecule has 0 radical (unpaired) electrons. The second kappa shape index (κ2) is 39.7. The zero-order chi connectivity index (χ0) is 44.6. The molecule has 0 rings (SSSR count). The van der Waals surface area contributed by atoms with E-state index >= 15 is 0 Å². The lowest BCUT2D eigenvalue weighted by Crippen LogP contribution is -2.37. The fourth-order valence-corrected chi connectivity index (χ4v) is 6.99. The molecular weight excluding hydrogens is 781 g/mol. The van der Waals surface area contributed by atoms with Crippen LogP contribution in [0.3, 0.4) is 0 Å². The molecule has 4 atom stereocenters. The summed E-state index contributed by atoms with van der Waals surface area (Å²) in [5.74, 6) is -1.07. The summed E-state index contributed by atoms with van der Waals surface area (Å²) in [7, 11) is 1.03. The van der Waals surface area contributed by atoms with Crippen molar-refractivity contribution in [2.75, 3.05) is 47.5 Å². The van der Waals surface area contributed by atoms with Crippen molar-refractivity contribution in [1.29, 1.82) is 0 Å². The Hall–Kier alpha value is -2.11. The second-order valence-electron chi connectivity index (χ2n) is 17.2. The summed E-state index contributed by atoms with van der Waals surface area (Å²) in [6, 6.07) is 0. The first kappa shape index (κ1) is 57.9. The van der Waals surface area contributed by atoms with Crippen LogP contribution in [0.2, 0.25) is 0 Å². The topological polar surface area (TPSA) is 152 Å². The number of aliphatic hydroxyl groups excluding tert-OH is 2.